The largest absolute Gasteiger partial charge is 0.416 e. The summed E-state index contributed by atoms with van der Waals surface area (Å²) >= 11 is 0. The van der Waals surface area contributed by atoms with Gasteiger partial charge in [0.05, 0.1) is 38.3 Å². The molecule has 3 rings (SSSR count). The van der Waals surface area contributed by atoms with E-state index in [1.54, 1.807) is 6.07 Å². The van der Waals surface area contributed by atoms with E-state index in [-0.39, 0.29) is 0 Å². The highest BCUT2D eigenvalue weighted by atomic mass is 19.4. The van der Waals surface area contributed by atoms with Crippen molar-refractivity contribution in [3.63, 3.8) is 0 Å². The van der Waals surface area contributed by atoms with Crippen molar-refractivity contribution in [2.45, 2.75) is 25.4 Å². The van der Waals surface area contributed by atoms with Gasteiger partial charge in [-0.25, -0.2) is 0 Å². The number of benzene rings is 2. The Morgan fingerprint density at radius 3 is 2.35 bits per heavy atom. The van der Waals surface area contributed by atoms with Gasteiger partial charge in [-0.15, -0.1) is 0 Å². The number of hydrogen-bond acceptors (Lipinski definition) is 1. The summed E-state index contributed by atoms with van der Waals surface area (Å²) in [6.45, 7) is 6.91. The Hall–Kier alpha value is -2.01. The molecule has 0 saturated carbocycles. The molecule has 2 aromatic rings. The van der Waals surface area contributed by atoms with Crippen molar-refractivity contribution in [3.8, 4) is 0 Å². The van der Waals surface area contributed by atoms with Crippen LogP contribution in [0.5, 0.6) is 0 Å². The SMILES string of the molecule is C[C@@H](CC[NH+]1CCN(c2cccc(C(F)(F)F)c2)CC1)c1ccccc1. The Bertz CT molecular complexity index is 692. The molecule has 1 saturated heterocycles. The normalized spacial score (nSPS) is 17.3. The van der Waals surface area contributed by atoms with E-state index in [1.165, 1.54) is 22.6 Å². The van der Waals surface area contributed by atoms with Gasteiger partial charge in [-0.2, -0.15) is 13.2 Å². The van der Waals surface area contributed by atoms with Gasteiger partial charge in [-0.05, 0) is 29.7 Å². The number of piperazine rings is 1. The molecule has 1 aliphatic rings. The molecule has 0 aliphatic carbocycles. The van der Waals surface area contributed by atoms with Crippen LogP contribution in [0.4, 0.5) is 18.9 Å². The van der Waals surface area contributed by atoms with Crippen LogP contribution in [0.3, 0.4) is 0 Å². The average molecular weight is 363 g/mol. The molecule has 0 spiro atoms. The smallest absolute Gasteiger partial charge is 0.360 e. The molecule has 0 unspecified atom stereocenters. The van der Waals surface area contributed by atoms with Gasteiger partial charge in [0.15, 0.2) is 0 Å². The molecule has 1 fully saturated rings. The van der Waals surface area contributed by atoms with E-state index in [2.05, 4.69) is 36.1 Å². The van der Waals surface area contributed by atoms with E-state index in [0.29, 0.717) is 11.6 Å². The summed E-state index contributed by atoms with van der Waals surface area (Å²) in [7, 11) is 0. The van der Waals surface area contributed by atoms with Crippen LogP contribution >= 0.6 is 0 Å². The van der Waals surface area contributed by atoms with E-state index in [1.807, 2.05) is 6.07 Å². The molecule has 0 bridgehead atoms. The quantitative estimate of drug-likeness (QED) is 0.853. The predicted octanol–water partition coefficient (Wildman–Crippen LogP) is 3.60. The molecule has 2 aromatic carbocycles. The summed E-state index contributed by atoms with van der Waals surface area (Å²) in [6, 6.07) is 16.2. The minimum absolute atomic E-state index is 0.533. The maximum atomic E-state index is 12.9. The Morgan fingerprint density at radius 2 is 1.69 bits per heavy atom. The highest BCUT2D eigenvalue weighted by Crippen LogP contribution is 2.31. The lowest BCUT2D eigenvalue weighted by atomic mass is 9.97. The molecule has 0 amide bonds. The fourth-order valence-electron chi connectivity index (χ4n) is 3.58. The van der Waals surface area contributed by atoms with Gasteiger partial charge < -0.3 is 9.80 Å². The van der Waals surface area contributed by atoms with Crippen molar-refractivity contribution in [2.24, 2.45) is 0 Å². The first kappa shape index (κ1) is 18.8. The molecule has 2 nitrogen and oxygen atoms in total. The van der Waals surface area contributed by atoms with Gasteiger partial charge in [-0.1, -0.05) is 43.3 Å². The lowest BCUT2D eigenvalue weighted by molar-refractivity contribution is -0.901. The van der Waals surface area contributed by atoms with Crippen LogP contribution in [0.1, 0.15) is 30.4 Å². The van der Waals surface area contributed by atoms with E-state index in [4.69, 9.17) is 0 Å². The number of alkyl halides is 3. The standard InChI is InChI=1S/C21H25F3N2/c1-17(18-6-3-2-4-7-18)10-11-25-12-14-26(15-13-25)20-9-5-8-19(16-20)21(22,23)24/h2-9,16-17H,10-15H2,1H3/p+1/t17-/m0/s1. The highest BCUT2D eigenvalue weighted by molar-refractivity contribution is 5.49. The number of anilines is 1. The number of nitrogens with one attached hydrogen (secondary N) is 1. The van der Waals surface area contributed by atoms with Gasteiger partial charge in [0.1, 0.15) is 0 Å². The van der Waals surface area contributed by atoms with E-state index >= 15 is 0 Å². The molecular weight excluding hydrogens is 337 g/mol. The van der Waals surface area contributed by atoms with E-state index in [9.17, 15) is 13.2 Å². The predicted molar refractivity (Wildman–Crippen MR) is 98.7 cm³/mol. The van der Waals surface area contributed by atoms with Crippen LogP contribution in [-0.4, -0.2) is 32.7 Å². The van der Waals surface area contributed by atoms with Crippen molar-refractivity contribution in [1.29, 1.82) is 0 Å². The Morgan fingerprint density at radius 1 is 1.00 bits per heavy atom. The Kier molecular flexibility index (Phi) is 5.87. The van der Waals surface area contributed by atoms with Gasteiger partial charge in [0.2, 0.25) is 0 Å². The summed E-state index contributed by atoms with van der Waals surface area (Å²) in [5, 5.41) is 0. The maximum Gasteiger partial charge on any atom is 0.416 e. The molecule has 1 N–H and O–H groups in total. The average Bonchev–Trinajstić information content (AvgIpc) is 2.66. The second-order valence-electron chi connectivity index (χ2n) is 7.14. The van der Waals surface area contributed by atoms with Crippen LogP contribution in [0.2, 0.25) is 0 Å². The zero-order chi connectivity index (χ0) is 18.6. The summed E-state index contributed by atoms with van der Waals surface area (Å²) in [4.78, 5) is 3.61. The molecule has 0 aromatic heterocycles. The monoisotopic (exact) mass is 363 g/mol. The third kappa shape index (κ3) is 4.79. The fraction of sp³-hybridized carbons (Fsp3) is 0.429. The Labute approximate surface area is 153 Å². The van der Waals surface area contributed by atoms with Crippen molar-refractivity contribution >= 4 is 5.69 Å². The molecular formula is C21H26F3N2+. The fourth-order valence-corrected chi connectivity index (χ4v) is 3.58. The lowest BCUT2D eigenvalue weighted by Crippen LogP contribution is -3.14. The van der Waals surface area contributed by atoms with Crippen LogP contribution in [0, 0.1) is 0 Å². The van der Waals surface area contributed by atoms with Gasteiger partial charge in [0.25, 0.3) is 0 Å². The first-order valence-electron chi connectivity index (χ1n) is 9.24. The molecule has 140 valence electrons. The minimum atomic E-state index is -4.28. The third-order valence-corrected chi connectivity index (χ3v) is 5.31. The van der Waals surface area contributed by atoms with Crippen molar-refractivity contribution in [3.05, 3.63) is 65.7 Å². The topological polar surface area (TPSA) is 7.68 Å². The van der Waals surface area contributed by atoms with E-state index < -0.39 is 11.7 Å². The van der Waals surface area contributed by atoms with Crippen molar-refractivity contribution < 1.29 is 18.1 Å². The van der Waals surface area contributed by atoms with Crippen molar-refractivity contribution in [2.75, 3.05) is 37.6 Å². The number of hydrogen-bond donors (Lipinski definition) is 1. The molecule has 0 radical (unpaired) electrons. The van der Waals surface area contributed by atoms with E-state index in [0.717, 1.165) is 45.2 Å². The second-order valence-corrected chi connectivity index (χ2v) is 7.14. The molecule has 1 atom stereocenters. The van der Waals surface area contributed by atoms with Crippen molar-refractivity contribution in [1.82, 2.24) is 0 Å². The van der Waals surface area contributed by atoms with Crippen LogP contribution in [0.25, 0.3) is 0 Å². The van der Waals surface area contributed by atoms with Gasteiger partial charge >= 0.3 is 6.18 Å². The van der Waals surface area contributed by atoms with Crippen LogP contribution < -0.4 is 9.80 Å². The molecule has 1 heterocycles. The minimum Gasteiger partial charge on any atom is -0.360 e. The zero-order valence-electron chi connectivity index (χ0n) is 15.1. The summed E-state index contributed by atoms with van der Waals surface area (Å²) < 4.78 is 38.7. The first-order valence-corrected chi connectivity index (χ1v) is 9.24. The number of quaternary nitrogens is 1. The third-order valence-electron chi connectivity index (χ3n) is 5.31. The second kappa shape index (κ2) is 8.12. The highest BCUT2D eigenvalue weighted by Gasteiger charge is 2.31. The number of nitrogens with zero attached hydrogens (tertiary/aromatic N) is 1. The summed E-state index contributed by atoms with van der Waals surface area (Å²) in [5.41, 5.74) is 1.48. The van der Waals surface area contributed by atoms with Gasteiger partial charge in [0, 0.05) is 12.1 Å². The molecule has 1 aliphatic heterocycles. The van der Waals surface area contributed by atoms with Crippen LogP contribution in [-0.2, 0) is 6.18 Å². The molecule has 26 heavy (non-hydrogen) atoms. The number of halogens is 3. The summed E-state index contributed by atoms with van der Waals surface area (Å²) in [6.07, 6.45) is -3.15. The summed E-state index contributed by atoms with van der Waals surface area (Å²) in [5.74, 6) is 0.533. The Balaban J connectivity index is 1.50. The number of rotatable bonds is 5. The van der Waals surface area contributed by atoms with Gasteiger partial charge in [-0.3, -0.25) is 0 Å². The first-order chi connectivity index (χ1) is 12.4. The maximum absolute atomic E-state index is 12.9. The lowest BCUT2D eigenvalue weighted by Gasteiger charge is -2.34. The zero-order valence-corrected chi connectivity index (χ0v) is 15.1. The van der Waals surface area contributed by atoms with Crippen LogP contribution in [0.15, 0.2) is 54.6 Å². The molecule has 5 heteroatoms.